The highest BCUT2D eigenvalue weighted by atomic mass is 79.9. The Labute approximate surface area is 127 Å². The van der Waals surface area contributed by atoms with Gasteiger partial charge in [-0.2, -0.15) is 0 Å². The molecule has 0 saturated carbocycles. The SMILES string of the molecule is CCCNC(=O)CNS(=O)(=O)c1ccc(OC)c(Br)c1. The Morgan fingerprint density at radius 2 is 2.10 bits per heavy atom. The normalized spacial score (nSPS) is 11.2. The highest BCUT2D eigenvalue weighted by Crippen LogP contribution is 2.27. The van der Waals surface area contributed by atoms with Crippen LogP contribution in [0.3, 0.4) is 0 Å². The molecule has 0 atom stereocenters. The average molecular weight is 365 g/mol. The number of hydrogen-bond acceptors (Lipinski definition) is 4. The third-order valence-electron chi connectivity index (χ3n) is 2.43. The van der Waals surface area contributed by atoms with E-state index in [1.165, 1.54) is 25.3 Å². The number of amides is 1. The number of methoxy groups -OCH3 is 1. The Balaban J connectivity index is 2.74. The van der Waals surface area contributed by atoms with Crippen LogP contribution in [-0.2, 0) is 14.8 Å². The third-order valence-corrected chi connectivity index (χ3v) is 4.45. The quantitative estimate of drug-likeness (QED) is 0.762. The lowest BCUT2D eigenvalue weighted by Crippen LogP contribution is -2.37. The Morgan fingerprint density at radius 3 is 2.65 bits per heavy atom. The van der Waals surface area contributed by atoms with Crippen molar-refractivity contribution >= 4 is 31.9 Å². The molecular weight excluding hydrogens is 348 g/mol. The van der Waals surface area contributed by atoms with Gasteiger partial charge in [-0.3, -0.25) is 4.79 Å². The van der Waals surface area contributed by atoms with Gasteiger partial charge < -0.3 is 10.1 Å². The van der Waals surface area contributed by atoms with Gasteiger partial charge >= 0.3 is 0 Å². The molecule has 0 radical (unpaired) electrons. The second-order valence-corrected chi connectivity index (χ2v) is 6.59. The summed E-state index contributed by atoms with van der Waals surface area (Å²) < 4.78 is 31.8. The van der Waals surface area contributed by atoms with Crippen LogP contribution in [0.4, 0.5) is 0 Å². The van der Waals surface area contributed by atoms with Crippen molar-refractivity contribution in [1.29, 1.82) is 0 Å². The summed E-state index contributed by atoms with van der Waals surface area (Å²) in [5.74, 6) is 0.174. The van der Waals surface area contributed by atoms with Gasteiger partial charge in [0.1, 0.15) is 5.75 Å². The van der Waals surface area contributed by atoms with Gasteiger partial charge in [0.2, 0.25) is 15.9 Å². The number of hydrogen-bond donors (Lipinski definition) is 2. The lowest BCUT2D eigenvalue weighted by atomic mass is 10.3. The molecule has 112 valence electrons. The van der Waals surface area contributed by atoms with E-state index in [4.69, 9.17) is 4.74 Å². The van der Waals surface area contributed by atoms with Gasteiger partial charge in [-0.25, -0.2) is 13.1 Å². The molecule has 1 rings (SSSR count). The van der Waals surface area contributed by atoms with Crippen LogP contribution in [0, 0.1) is 0 Å². The van der Waals surface area contributed by atoms with E-state index in [9.17, 15) is 13.2 Å². The number of carbonyl (C=O) groups excluding carboxylic acids is 1. The number of nitrogens with one attached hydrogen (secondary N) is 2. The Hall–Kier alpha value is -1.12. The second-order valence-electron chi connectivity index (χ2n) is 3.97. The van der Waals surface area contributed by atoms with Crippen molar-refractivity contribution < 1.29 is 17.9 Å². The first-order valence-electron chi connectivity index (χ1n) is 6.00. The number of carbonyl (C=O) groups is 1. The topological polar surface area (TPSA) is 84.5 Å². The Morgan fingerprint density at radius 1 is 1.40 bits per heavy atom. The molecule has 20 heavy (non-hydrogen) atoms. The molecule has 1 aromatic carbocycles. The van der Waals surface area contributed by atoms with Crippen LogP contribution in [0.1, 0.15) is 13.3 Å². The summed E-state index contributed by atoms with van der Waals surface area (Å²) in [7, 11) is -2.23. The minimum atomic E-state index is -3.72. The third kappa shape index (κ3) is 4.77. The molecule has 0 bridgehead atoms. The number of ether oxygens (including phenoxy) is 1. The highest BCUT2D eigenvalue weighted by Gasteiger charge is 2.16. The molecule has 0 aliphatic rings. The van der Waals surface area contributed by atoms with Crippen molar-refractivity contribution in [1.82, 2.24) is 10.0 Å². The summed E-state index contributed by atoms with van der Waals surface area (Å²) >= 11 is 3.22. The minimum absolute atomic E-state index is 0.0634. The predicted octanol–water partition coefficient (Wildman–Crippen LogP) is 1.26. The van der Waals surface area contributed by atoms with Crippen LogP contribution in [0.5, 0.6) is 5.75 Å². The van der Waals surface area contributed by atoms with E-state index in [1.807, 2.05) is 6.92 Å². The zero-order valence-electron chi connectivity index (χ0n) is 11.3. The Kier molecular flexibility index (Phi) is 6.44. The molecule has 0 aliphatic heterocycles. The number of rotatable bonds is 7. The number of benzene rings is 1. The summed E-state index contributed by atoms with van der Waals surface area (Å²) in [4.78, 5) is 11.4. The van der Waals surface area contributed by atoms with Crippen molar-refractivity contribution in [3.63, 3.8) is 0 Å². The maximum Gasteiger partial charge on any atom is 0.241 e. The maximum atomic E-state index is 12.0. The van der Waals surface area contributed by atoms with Crippen LogP contribution >= 0.6 is 15.9 Å². The molecule has 0 saturated heterocycles. The van der Waals surface area contributed by atoms with Crippen molar-refractivity contribution in [3.05, 3.63) is 22.7 Å². The van der Waals surface area contributed by atoms with Crippen molar-refractivity contribution in [3.8, 4) is 5.75 Å². The van der Waals surface area contributed by atoms with E-state index in [-0.39, 0.29) is 17.3 Å². The fourth-order valence-electron chi connectivity index (χ4n) is 1.39. The van der Waals surface area contributed by atoms with E-state index in [0.717, 1.165) is 6.42 Å². The van der Waals surface area contributed by atoms with Gasteiger partial charge in [-0.05, 0) is 40.5 Å². The molecule has 8 heteroatoms. The van der Waals surface area contributed by atoms with Crippen molar-refractivity contribution in [2.24, 2.45) is 0 Å². The monoisotopic (exact) mass is 364 g/mol. The highest BCUT2D eigenvalue weighted by molar-refractivity contribution is 9.10. The molecule has 1 amide bonds. The van der Waals surface area contributed by atoms with Gasteiger partial charge in [0.15, 0.2) is 0 Å². The van der Waals surface area contributed by atoms with Crippen LogP contribution < -0.4 is 14.8 Å². The summed E-state index contributed by atoms with van der Waals surface area (Å²) in [5, 5.41) is 2.59. The second kappa shape index (κ2) is 7.61. The van der Waals surface area contributed by atoms with Crippen LogP contribution in [-0.4, -0.2) is 34.5 Å². The van der Waals surface area contributed by atoms with E-state index in [0.29, 0.717) is 16.8 Å². The molecule has 0 unspecified atom stereocenters. The molecule has 1 aromatic rings. The van der Waals surface area contributed by atoms with Gasteiger partial charge in [0, 0.05) is 6.54 Å². The lowest BCUT2D eigenvalue weighted by molar-refractivity contribution is -0.119. The van der Waals surface area contributed by atoms with Gasteiger partial charge in [-0.1, -0.05) is 6.92 Å². The molecule has 6 nitrogen and oxygen atoms in total. The van der Waals surface area contributed by atoms with Gasteiger partial charge in [-0.15, -0.1) is 0 Å². The Bertz CT molecular complexity index is 575. The predicted molar refractivity (Wildman–Crippen MR) is 79.2 cm³/mol. The standard InChI is InChI=1S/C12H17BrN2O4S/c1-3-6-14-12(16)8-15-20(17,18)9-4-5-11(19-2)10(13)7-9/h4-5,7,15H,3,6,8H2,1-2H3,(H,14,16). The first-order valence-corrected chi connectivity index (χ1v) is 8.28. The average Bonchev–Trinajstić information content (AvgIpc) is 2.42. The molecule has 0 aromatic heterocycles. The molecular formula is C12H17BrN2O4S. The smallest absolute Gasteiger partial charge is 0.241 e. The summed E-state index contributed by atoms with van der Waals surface area (Å²) in [6.07, 6.45) is 0.796. The summed E-state index contributed by atoms with van der Waals surface area (Å²) in [5.41, 5.74) is 0. The zero-order chi connectivity index (χ0) is 15.2. The molecule has 2 N–H and O–H groups in total. The fourth-order valence-corrected chi connectivity index (χ4v) is 3.09. The first-order chi connectivity index (χ1) is 9.40. The molecule has 0 fully saturated rings. The molecule has 0 spiro atoms. The van der Waals surface area contributed by atoms with Crippen molar-refractivity contribution in [2.45, 2.75) is 18.2 Å². The fraction of sp³-hybridized carbons (Fsp3) is 0.417. The number of halogens is 1. The maximum absolute atomic E-state index is 12.0. The zero-order valence-corrected chi connectivity index (χ0v) is 13.7. The van der Waals surface area contributed by atoms with E-state index < -0.39 is 10.0 Å². The van der Waals surface area contributed by atoms with Crippen LogP contribution in [0.25, 0.3) is 0 Å². The molecule has 0 heterocycles. The van der Waals surface area contributed by atoms with Gasteiger partial charge in [0.05, 0.1) is 23.0 Å². The minimum Gasteiger partial charge on any atom is -0.496 e. The van der Waals surface area contributed by atoms with E-state index in [2.05, 4.69) is 26.0 Å². The summed E-state index contributed by atoms with van der Waals surface area (Å²) in [6.45, 7) is 2.15. The lowest BCUT2D eigenvalue weighted by Gasteiger charge is -2.09. The van der Waals surface area contributed by atoms with E-state index in [1.54, 1.807) is 0 Å². The first kappa shape index (κ1) is 16.9. The molecule has 0 aliphatic carbocycles. The largest absolute Gasteiger partial charge is 0.496 e. The summed E-state index contributed by atoms with van der Waals surface area (Å²) in [6, 6.07) is 4.37. The number of sulfonamides is 1. The van der Waals surface area contributed by atoms with Gasteiger partial charge in [0.25, 0.3) is 0 Å². The van der Waals surface area contributed by atoms with Crippen molar-refractivity contribution in [2.75, 3.05) is 20.2 Å². The van der Waals surface area contributed by atoms with Crippen LogP contribution in [0.15, 0.2) is 27.6 Å². The van der Waals surface area contributed by atoms with E-state index >= 15 is 0 Å². The van der Waals surface area contributed by atoms with Crippen LogP contribution in [0.2, 0.25) is 0 Å².